The van der Waals surface area contributed by atoms with E-state index in [0.29, 0.717) is 16.4 Å². The van der Waals surface area contributed by atoms with E-state index in [2.05, 4.69) is 36.7 Å². The fraction of sp³-hybridized carbons (Fsp3) is 0.500. The molecule has 1 N–H and O–H groups in total. The van der Waals surface area contributed by atoms with Gasteiger partial charge >= 0.3 is 0 Å². The predicted octanol–water partition coefficient (Wildman–Crippen LogP) is 2.13. The molecule has 8 heteroatoms. The summed E-state index contributed by atoms with van der Waals surface area (Å²) in [5.41, 5.74) is 0.627. The number of amides is 1. The van der Waals surface area contributed by atoms with E-state index in [1.54, 1.807) is 6.92 Å². The fourth-order valence-corrected chi connectivity index (χ4v) is 2.99. The summed E-state index contributed by atoms with van der Waals surface area (Å²) in [6.45, 7) is 6.01. The average molecular weight is 318 g/mol. The molecule has 3 heterocycles. The van der Waals surface area contributed by atoms with Gasteiger partial charge in [-0.25, -0.2) is 9.97 Å². The van der Waals surface area contributed by atoms with E-state index in [0.717, 1.165) is 49.2 Å². The molecule has 1 aliphatic heterocycles. The molecule has 0 aliphatic carbocycles. The number of anilines is 2. The molecule has 7 nitrogen and oxygen atoms in total. The van der Waals surface area contributed by atoms with Crippen molar-refractivity contribution in [2.24, 2.45) is 5.92 Å². The fourth-order valence-electron chi connectivity index (χ4n) is 2.44. The number of carbonyl (C=O) groups excluding carboxylic acids is 1. The van der Waals surface area contributed by atoms with Crippen molar-refractivity contribution in [3.05, 3.63) is 23.0 Å². The van der Waals surface area contributed by atoms with Crippen LogP contribution in [0.4, 0.5) is 11.6 Å². The van der Waals surface area contributed by atoms with E-state index in [-0.39, 0.29) is 5.91 Å². The highest BCUT2D eigenvalue weighted by Crippen LogP contribution is 2.22. The van der Waals surface area contributed by atoms with Crippen molar-refractivity contribution in [3.63, 3.8) is 0 Å². The SMILES string of the molecule is Cc1nnsc1C(=O)Nc1cc(N2CCC(C)CC2)ncn1. The van der Waals surface area contributed by atoms with Crippen LogP contribution < -0.4 is 10.2 Å². The smallest absolute Gasteiger partial charge is 0.270 e. The van der Waals surface area contributed by atoms with E-state index in [1.807, 2.05) is 6.07 Å². The van der Waals surface area contributed by atoms with E-state index in [4.69, 9.17) is 0 Å². The molecular weight excluding hydrogens is 300 g/mol. The second kappa shape index (κ2) is 6.35. The number of nitrogens with one attached hydrogen (secondary N) is 1. The first kappa shape index (κ1) is 14.8. The van der Waals surface area contributed by atoms with Crippen LogP contribution in [0.1, 0.15) is 35.1 Å². The Bertz CT molecular complexity index is 665. The quantitative estimate of drug-likeness (QED) is 0.933. The van der Waals surface area contributed by atoms with Gasteiger partial charge in [0.05, 0.1) is 5.69 Å². The van der Waals surface area contributed by atoms with Crippen LogP contribution in [0.2, 0.25) is 0 Å². The first-order valence-corrected chi connectivity index (χ1v) is 8.08. The summed E-state index contributed by atoms with van der Waals surface area (Å²) in [5.74, 6) is 1.89. The van der Waals surface area contributed by atoms with Gasteiger partial charge < -0.3 is 10.2 Å². The molecule has 0 atom stereocenters. The molecule has 1 aliphatic rings. The molecule has 1 amide bonds. The number of rotatable bonds is 3. The lowest BCUT2D eigenvalue weighted by molar-refractivity contribution is 0.102. The highest BCUT2D eigenvalue weighted by atomic mass is 32.1. The van der Waals surface area contributed by atoms with Crippen LogP contribution in [-0.4, -0.2) is 38.6 Å². The van der Waals surface area contributed by atoms with Crippen molar-refractivity contribution in [2.75, 3.05) is 23.3 Å². The zero-order valence-electron chi connectivity index (χ0n) is 12.6. The monoisotopic (exact) mass is 318 g/mol. The number of hydrogen-bond donors (Lipinski definition) is 1. The molecule has 116 valence electrons. The minimum Gasteiger partial charge on any atom is -0.356 e. The maximum atomic E-state index is 12.2. The number of aryl methyl sites for hydroxylation is 1. The number of aromatic nitrogens is 4. The molecule has 2 aromatic heterocycles. The second-order valence-corrected chi connectivity index (χ2v) is 6.33. The highest BCUT2D eigenvalue weighted by molar-refractivity contribution is 7.08. The van der Waals surface area contributed by atoms with Gasteiger partial charge in [0.25, 0.3) is 5.91 Å². The van der Waals surface area contributed by atoms with Crippen molar-refractivity contribution in [3.8, 4) is 0 Å². The van der Waals surface area contributed by atoms with Crippen LogP contribution in [0.3, 0.4) is 0 Å². The molecule has 3 rings (SSSR count). The molecule has 22 heavy (non-hydrogen) atoms. The summed E-state index contributed by atoms with van der Waals surface area (Å²) in [6, 6.07) is 1.82. The van der Waals surface area contributed by atoms with Crippen molar-refractivity contribution in [1.29, 1.82) is 0 Å². The molecule has 1 fully saturated rings. The number of nitrogens with zero attached hydrogens (tertiary/aromatic N) is 5. The summed E-state index contributed by atoms with van der Waals surface area (Å²) >= 11 is 1.08. The molecule has 0 radical (unpaired) electrons. The first-order valence-electron chi connectivity index (χ1n) is 7.31. The Morgan fingerprint density at radius 1 is 1.36 bits per heavy atom. The van der Waals surface area contributed by atoms with E-state index < -0.39 is 0 Å². The Morgan fingerprint density at radius 3 is 2.82 bits per heavy atom. The van der Waals surface area contributed by atoms with E-state index in [1.165, 1.54) is 6.33 Å². The third-order valence-electron chi connectivity index (χ3n) is 3.86. The zero-order chi connectivity index (χ0) is 15.5. The molecule has 2 aromatic rings. The third kappa shape index (κ3) is 3.22. The summed E-state index contributed by atoms with van der Waals surface area (Å²) in [5, 5.41) is 6.63. The molecular formula is C14H18N6OS. The Kier molecular flexibility index (Phi) is 4.28. The van der Waals surface area contributed by atoms with Gasteiger partial charge in [-0.3, -0.25) is 4.79 Å². The van der Waals surface area contributed by atoms with Crippen LogP contribution in [-0.2, 0) is 0 Å². The molecule has 0 unspecified atom stereocenters. The van der Waals surface area contributed by atoms with Crippen LogP contribution in [0, 0.1) is 12.8 Å². The summed E-state index contributed by atoms with van der Waals surface area (Å²) in [6.07, 6.45) is 3.82. The molecule has 1 saturated heterocycles. The molecule has 0 bridgehead atoms. The maximum Gasteiger partial charge on any atom is 0.270 e. The molecule has 0 spiro atoms. The Balaban J connectivity index is 1.71. The van der Waals surface area contributed by atoms with Crippen molar-refractivity contribution < 1.29 is 4.79 Å². The van der Waals surface area contributed by atoms with Crippen LogP contribution in [0.15, 0.2) is 12.4 Å². The standard InChI is InChI=1S/C14H18N6OS/c1-9-3-5-20(6-4-9)12-7-11(15-8-16-12)17-14(21)13-10(2)18-19-22-13/h7-9H,3-6H2,1-2H3,(H,15,16,17,21). The van der Waals surface area contributed by atoms with Gasteiger partial charge in [-0.2, -0.15) is 0 Å². The Labute approximate surface area is 133 Å². The van der Waals surface area contributed by atoms with Crippen LogP contribution in [0.5, 0.6) is 0 Å². The summed E-state index contributed by atoms with van der Waals surface area (Å²) in [4.78, 5) is 23.4. The maximum absolute atomic E-state index is 12.2. The van der Waals surface area contributed by atoms with Gasteiger partial charge in [0.1, 0.15) is 22.8 Å². The molecule has 0 saturated carbocycles. The number of piperidine rings is 1. The number of carbonyl (C=O) groups is 1. The third-order valence-corrected chi connectivity index (χ3v) is 4.69. The Hall–Kier alpha value is -2.09. The number of hydrogen-bond acceptors (Lipinski definition) is 7. The van der Waals surface area contributed by atoms with E-state index in [9.17, 15) is 4.79 Å². The topological polar surface area (TPSA) is 83.9 Å². The highest BCUT2D eigenvalue weighted by Gasteiger charge is 2.18. The minimum atomic E-state index is -0.232. The van der Waals surface area contributed by atoms with E-state index >= 15 is 0 Å². The summed E-state index contributed by atoms with van der Waals surface area (Å²) in [7, 11) is 0. The zero-order valence-corrected chi connectivity index (χ0v) is 13.4. The van der Waals surface area contributed by atoms with Crippen molar-refractivity contribution in [1.82, 2.24) is 19.6 Å². The van der Waals surface area contributed by atoms with Crippen molar-refractivity contribution in [2.45, 2.75) is 26.7 Å². The van der Waals surface area contributed by atoms with Crippen molar-refractivity contribution >= 4 is 29.1 Å². The minimum absolute atomic E-state index is 0.232. The van der Waals surface area contributed by atoms with Crippen LogP contribution >= 0.6 is 11.5 Å². The van der Waals surface area contributed by atoms with Gasteiger partial charge in [0, 0.05) is 19.2 Å². The first-order chi connectivity index (χ1) is 10.6. The Morgan fingerprint density at radius 2 is 2.14 bits per heavy atom. The average Bonchev–Trinajstić information content (AvgIpc) is 2.94. The molecule has 0 aromatic carbocycles. The second-order valence-electron chi connectivity index (χ2n) is 5.57. The lowest BCUT2D eigenvalue weighted by Gasteiger charge is -2.31. The van der Waals surface area contributed by atoms with Gasteiger partial charge in [0.15, 0.2) is 0 Å². The van der Waals surface area contributed by atoms with Crippen LogP contribution in [0.25, 0.3) is 0 Å². The van der Waals surface area contributed by atoms with Gasteiger partial charge in [0.2, 0.25) is 0 Å². The predicted molar refractivity (Wildman–Crippen MR) is 85.2 cm³/mol. The lowest BCUT2D eigenvalue weighted by atomic mass is 9.99. The normalized spacial score (nSPS) is 15.8. The lowest BCUT2D eigenvalue weighted by Crippen LogP contribution is -2.33. The van der Waals surface area contributed by atoms with Gasteiger partial charge in [-0.1, -0.05) is 11.4 Å². The van der Waals surface area contributed by atoms with Gasteiger partial charge in [-0.15, -0.1) is 5.10 Å². The largest absolute Gasteiger partial charge is 0.356 e. The summed E-state index contributed by atoms with van der Waals surface area (Å²) < 4.78 is 3.77. The van der Waals surface area contributed by atoms with Gasteiger partial charge in [-0.05, 0) is 37.2 Å².